The first-order valence-electron chi connectivity index (χ1n) is 10.1. The average molecular weight is 392 g/mol. The van der Waals surface area contributed by atoms with Crippen molar-refractivity contribution in [2.24, 2.45) is 24.3 Å². The quantitative estimate of drug-likeness (QED) is 0.746. The minimum atomic E-state index is -1.28. The number of carboxylic acid groups (broad SMARTS) is 1. The number of halogens is 1. The molecule has 4 rings (SSSR count). The maximum absolute atomic E-state index is 14.2. The number of fused-ring (bicyclic) bond motifs is 2. The second kappa shape index (κ2) is 7.13. The number of amides is 1. The molecular formula is C20H29FN4O3. The number of likely N-dealkylation sites (tertiary alicyclic amines) is 1. The van der Waals surface area contributed by atoms with Crippen LogP contribution in [0.5, 0.6) is 0 Å². The Hall–Kier alpha value is -1.96. The van der Waals surface area contributed by atoms with E-state index in [1.54, 1.807) is 18.1 Å². The number of imidazole rings is 1. The van der Waals surface area contributed by atoms with Crippen molar-refractivity contribution < 1.29 is 19.1 Å². The van der Waals surface area contributed by atoms with Gasteiger partial charge in [-0.05, 0) is 37.5 Å². The van der Waals surface area contributed by atoms with Crippen LogP contribution in [0.15, 0.2) is 12.4 Å². The van der Waals surface area contributed by atoms with Crippen LogP contribution in [0.4, 0.5) is 4.39 Å². The SMILES string of the molecule is CN(C[C@@H]1C[C@H](F)CN1Cc1nccn1C)C(=O)C1(C(=O)O)CC2CCC1C2. The van der Waals surface area contributed by atoms with Crippen molar-refractivity contribution in [1.82, 2.24) is 19.4 Å². The maximum Gasteiger partial charge on any atom is 0.319 e. The Morgan fingerprint density at radius 3 is 2.75 bits per heavy atom. The molecule has 3 unspecified atom stereocenters. The molecule has 2 heterocycles. The van der Waals surface area contributed by atoms with Crippen LogP contribution in [0.1, 0.15) is 37.9 Å². The molecule has 28 heavy (non-hydrogen) atoms. The fourth-order valence-electron chi connectivity index (χ4n) is 5.72. The van der Waals surface area contributed by atoms with Gasteiger partial charge in [-0.3, -0.25) is 14.5 Å². The molecule has 3 aliphatic rings. The molecule has 1 N–H and O–H groups in total. The van der Waals surface area contributed by atoms with Gasteiger partial charge in [0.25, 0.3) is 0 Å². The largest absolute Gasteiger partial charge is 0.480 e. The summed E-state index contributed by atoms with van der Waals surface area (Å²) in [6.45, 7) is 1.18. The molecule has 2 saturated carbocycles. The topological polar surface area (TPSA) is 78.7 Å². The highest BCUT2D eigenvalue weighted by Gasteiger charge is 2.61. The molecule has 5 atom stereocenters. The van der Waals surface area contributed by atoms with Crippen LogP contribution < -0.4 is 0 Å². The summed E-state index contributed by atoms with van der Waals surface area (Å²) in [6, 6.07) is -0.134. The molecule has 0 radical (unpaired) electrons. The molecule has 1 saturated heterocycles. The summed E-state index contributed by atoms with van der Waals surface area (Å²) in [7, 11) is 3.57. The number of alkyl halides is 1. The van der Waals surface area contributed by atoms with Gasteiger partial charge in [0.05, 0.1) is 6.54 Å². The fourth-order valence-corrected chi connectivity index (χ4v) is 5.72. The maximum atomic E-state index is 14.2. The molecule has 0 spiro atoms. The van der Waals surface area contributed by atoms with Crippen molar-refractivity contribution >= 4 is 11.9 Å². The Balaban J connectivity index is 1.47. The molecule has 1 aromatic heterocycles. The van der Waals surface area contributed by atoms with E-state index in [4.69, 9.17) is 0 Å². The summed E-state index contributed by atoms with van der Waals surface area (Å²) in [4.78, 5) is 33.3. The lowest BCUT2D eigenvalue weighted by molar-refractivity contribution is -0.164. The van der Waals surface area contributed by atoms with Crippen LogP contribution in [0, 0.1) is 17.3 Å². The number of nitrogens with zero attached hydrogens (tertiary/aromatic N) is 4. The number of hydrogen-bond acceptors (Lipinski definition) is 4. The van der Waals surface area contributed by atoms with Crippen LogP contribution in [0.25, 0.3) is 0 Å². The average Bonchev–Trinajstić information content (AvgIpc) is 3.41. The van der Waals surface area contributed by atoms with E-state index in [1.165, 1.54) is 0 Å². The van der Waals surface area contributed by atoms with Gasteiger partial charge in [0.15, 0.2) is 0 Å². The normalized spacial score (nSPS) is 34.8. The van der Waals surface area contributed by atoms with Crippen molar-refractivity contribution in [2.45, 2.75) is 50.9 Å². The fraction of sp³-hybridized carbons (Fsp3) is 0.750. The molecule has 1 aliphatic heterocycles. The molecule has 1 amide bonds. The second-order valence-electron chi connectivity index (χ2n) is 8.91. The van der Waals surface area contributed by atoms with E-state index < -0.39 is 17.6 Å². The first kappa shape index (κ1) is 19.4. The first-order chi connectivity index (χ1) is 13.3. The number of aromatic nitrogens is 2. The van der Waals surface area contributed by atoms with E-state index in [0.29, 0.717) is 38.4 Å². The highest BCUT2D eigenvalue weighted by Crippen LogP contribution is 2.56. The summed E-state index contributed by atoms with van der Waals surface area (Å²) in [5.74, 6) is -0.156. The molecule has 3 fully saturated rings. The molecule has 2 aliphatic carbocycles. The van der Waals surface area contributed by atoms with Gasteiger partial charge in [-0.2, -0.15) is 0 Å². The zero-order valence-corrected chi connectivity index (χ0v) is 16.6. The number of aliphatic carboxylic acids is 1. The van der Waals surface area contributed by atoms with Gasteiger partial charge in [-0.15, -0.1) is 0 Å². The van der Waals surface area contributed by atoms with Gasteiger partial charge in [-0.25, -0.2) is 9.37 Å². The summed E-state index contributed by atoms with van der Waals surface area (Å²) in [6.07, 6.45) is 6.12. The minimum absolute atomic E-state index is 0.0638. The lowest BCUT2D eigenvalue weighted by Crippen LogP contribution is -2.52. The van der Waals surface area contributed by atoms with Crippen LogP contribution in [-0.2, 0) is 23.2 Å². The molecule has 154 valence electrons. The third-order valence-electron chi connectivity index (χ3n) is 7.19. The predicted octanol–water partition coefficient (Wildman–Crippen LogP) is 1.68. The Morgan fingerprint density at radius 2 is 2.18 bits per heavy atom. The van der Waals surface area contributed by atoms with Crippen LogP contribution >= 0.6 is 0 Å². The van der Waals surface area contributed by atoms with E-state index in [9.17, 15) is 19.1 Å². The van der Waals surface area contributed by atoms with E-state index in [-0.39, 0.29) is 17.9 Å². The Bertz CT molecular complexity index is 768. The lowest BCUT2D eigenvalue weighted by Gasteiger charge is -2.37. The van der Waals surface area contributed by atoms with Crippen molar-refractivity contribution in [3.63, 3.8) is 0 Å². The van der Waals surface area contributed by atoms with Gasteiger partial charge in [0, 0.05) is 45.6 Å². The smallest absolute Gasteiger partial charge is 0.319 e. The van der Waals surface area contributed by atoms with Gasteiger partial charge in [0.2, 0.25) is 5.91 Å². The summed E-state index contributed by atoms with van der Waals surface area (Å²) in [5.41, 5.74) is -1.28. The highest BCUT2D eigenvalue weighted by atomic mass is 19.1. The van der Waals surface area contributed by atoms with E-state index in [0.717, 1.165) is 25.1 Å². The second-order valence-corrected chi connectivity index (χ2v) is 8.91. The Morgan fingerprint density at radius 1 is 1.39 bits per heavy atom. The van der Waals surface area contributed by atoms with Crippen LogP contribution in [0.3, 0.4) is 0 Å². The van der Waals surface area contributed by atoms with E-state index in [1.807, 2.05) is 22.7 Å². The first-order valence-corrected chi connectivity index (χ1v) is 10.1. The number of likely N-dealkylation sites (N-methyl/N-ethyl adjacent to an activating group) is 1. The predicted molar refractivity (Wildman–Crippen MR) is 100 cm³/mol. The third kappa shape index (κ3) is 3.11. The molecule has 2 bridgehead atoms. The Kier molecular flexibility index (Phi) is 4.93. The van der Waals surface area contributed by atoms with Crippen molar-refractivity contribution in [3.05, 3.63) is 18.2 Å². The van der Waals surface area contributed by atoms with Gasteiger partial charge in [0.1, 0.15) is 17.4 Å². The minimum Gasteiger partial charge on any atom is -0.480 e. The zero-order chi connectivity index (χ0) is 20.1. The van der Waals surface area contributed by atoms with Crippen molar-refractivity contribution in [2.75, 3.05) is 20.1 Å². The number of carboxylic acids is 1. The molecule has 1 aromatic rings. The summed E-state index contributed by atoms with van der Waals surface area (Å²) < 4.78 is 16.1. The van der Waals surface area contributed by atoms with Crippen molar-refractivity contribution in [3.8, 4) is 0 Å². The number of aryl methyl sites for hydroxylation is 1. The van der Waals surface area contributed by atoms with Crippen molar-refractivity contribution in [1.29, 1.82) is 0 Å². The third-order valence-corrected chi connectivity index (χ3v) is 7.19. The molecule has 8 heteroatoms. The van der Waals surface area contributed by atoms with Crippen LogP contribution in [-0.4, -0.2) is 68.7 Å². The van der Waals surface area contributed by atoms with Crippen LogP contribution in [0.2, 0.25) is 0 Å². The zero-order valence-electron chi connectivity index (χ0n) is 16.6. The number of hydrogen-bond donors (Lipinski definition) is 1. The highest BCUT2D eigenvalue weighted by molar-refractivity contribution is 6.02. The number of rotatable bonds is 6. The van der Waals surface area contributed by atoms with Gasteiger partial charge >= 0.3 is 5.97 Å². The van der Waals surface area contributed by atoms with E-state index in [2.05, 4.69) is 4.98 Å². The standard InChI is InChI=1S/C20H29FN4O3/c1-23-6-5-22-17(23)12-25-10-15(21)8-16(25)11-24(2)18(26)20(19(27)28)9-13-3-4-14(20)7-13/h5-6,13-16H,3-4,7-12H2,1-2H3,(H,27,28)/t13?,14?,15-,16-,20?/m0/s1. The monoisotopic (exact) mass is 392 g/mol. The molecule has 7 nitrogen and oxygen atoms in total. The molecule has 0 aromatic carbocycles. The number of carbonyl (C=O) groups is 2. The molecular weight excluding hydrogens is 363 g/mol. The number of carbonyl (C=O) groups excluding carboxylic acids is 1. The summed E-state index contributed by atoms with van der Waals surface area (Å²) in [5, 5.41) is 9.93. The Labute approximate surface area is 164 Å². The van der Waals surface area contributed by atoms with Gasteiger partial charge in [-0.1, -0.05) is 6.42 Å². The van der Waals surface area contributed by atoms with Gasteiger partial charge < -0.3 is 14.6 Å². The lowest BCUT2D eigenvalue weighted by atomic mass is 9.72. The summed E-state index contributed by atoms with van der Waals surface area (Å²) >= 11 is 0. The van der Waals surface area contributed by atoms with E-state index >= 15 is 0 Å².